The van der Waals surface area contributed by atoms with Crippen molar-refractivity contribution in [1.82, 2.24) is 5.32 Å². The number of carbonyl (C=O) groups is 1. The van der Waals surface area contributed by atoms with E-state index >= 15 is 0 Å². The van der Waals surface area contributed by atoms with E-state index in [1.54, 1.807) is 6.92 Å². The molecule has 0 heterocycles. The Balaban J connectivity index is 2.06. The van der Waals surface area contributed by atoms with Crippen LogP contribution in [0.5, 0.6) is 0 Å². The number of rotatable bonds is 5. The van der Waals surface area contributed by atoms with Crippen LogP contribution in [0.3, 0.4) is 0 Å². The second kappa shape index (κ2) is 5.74. The Kier molecular flexibility index (Phi) is 4.39. The highest BCUT2D eigenvalue weighted by atomic mass is 35.7. The third kappa shape index (κ3) is 3.73. The quantitative estimate of drug-likeness (QED) is 0.850. The zero-order chi connectivity index (χ0) is 14.9. The highest BCUT2D eigenvalue weighted by molar-refractivity contribution is 8.13. The van der Waals surface area contributed by atoms with Crippen molar-refractivity contribution in [3.05, 3.63) is 29.3 Å². The Morgan fingerprint density at radius 1 is 1.45 bits per heavy atom. The van der Waals surface area contributed by atoms with Gasteiger partial charge in [0.1, 0.15) is 0 Å². The van der Waals surface area contributed by atoms with Gasteiger partial charge in [0.2, 0.25) is 0 Å². The molecule has 110 valence electrons. The summed E-state index contributed by atoms with van der Waals surface area (Å²) in [6.07, 6.45) is 2.50. The van der Waals surface area contributed by atoms with Crippen LogP contribution in [0, 0.1) is 18.8 Å². The van der Waals surface area contributed by atoms with E-state index in [2.05, 4.69) is 12.2 Å². The lowest BCUT2D eigenvalue weighted by molar-refractivity contribution is 0.0946. The molecule has 4 nitrogen and oxygen atoms in total. The summed E-state index contributed by atoms with van der Waals surface area (Å²) in [5.41, 5.74) is 1.08. The summed E-state index contributed by atoms with van der Waals surface area (Å²) in [7, 11) is 1.52. The van der Waals surface area contributed by atoms with Crippen LogP contribution in [-0.4, -0.2) is 20.9 Å². The van der Waals surface area contributed by atoms with Crippen molar-refractivity contribution in [2.24, 2.45) is 11.8 Å². The maximum absolute atomic E-state index is 12.1. The molecule has 1 atom stereocenters. The number of benzene rings is 1. The van der Waals surface area contributed by atoms with Gasteiger partial charge in [0, 0.05) is 22.8 Å². The van der Waals surface area contributed by atoms with E-state index in [9.17, 15) is 13.2 Å². The van der Waals surface area contributed by atoms with Crippen LogP contribution in [0.1, 0.15) is 35.7 Å². The maximum Gasteiger partial charge on any atom is 0.261 e. The summed E-state index contributed by atoms with van der Waals surface area (Å²) in [5, 5.41) is 2.90. The largest absolute Gasteiger partial charge is 0.352 e. The van der Waals surface area contributed by atoms with Gasteiger partial charge in [-0.2, -0.15) is 0 Å². The van der Waals surface area contributed by atoms with Gasteiger partial charge in [-0.05, 0) is 55.4 Å². The summed E-state index contributed by atoms with van der Waals surface area (Å²) in [5.74, 6) is 1.05. The monoisotopic (exact) mass is 315 g/mol. The molecule has 0 radical (unpaired) electrons. The number of carbonyl (C=O) groups excluding carboxylic acids is 1. The highest BCUT2D eigenvalue weighted by Crippen LogP contribution is 2.36. The van der Waals surface area contributed by atoms with E-state index < -0.39 is 9.05 Å². The Labute approximate surface area is 123 Å². The third-order valence-electron chi connectivity index (χ3n) is 3.74. The van der Waals surface area contributed by atoms with E-state index in [4.69, 9.17) is 10.7 Å². The van der Waals surface area contributed by atoms with Crippen molar-refractivity contribution >= 4 is 25.6 Å². The second-order valence-electron chi connectivity index (χ2n) is 5.44. The zero-order valence-electron chi connectivity index (χ0n) is 11.5. The summed E-state index contributed by atoms with van der Waals surface area (Å²) in [6.45, 7) is 4.48. The molecular weight excluding hydrogens is 298 g/mol. The van der Waals surface area contributed by atoms with Gasteiger partial charge in [-0.25, -0.2) is 8.42 Å². The molecule has 1 amide bonds. The first-order chi connectivity index (χ1) is 9.29. The van der Waals surface area contributed by atoms with E-state index in [1.165, 1.54) is 31.0 Å². The minimum absolute atomic E-state index is 0.0135. The first-order valence-corrected chi connectivity index (χ1v) is 8.93. The highest BCUT2D eigenvalue weighted by Gasteiger charge is 2.28. The fourth-order valence-corrected chi connectivity index (χ4v) is 3.06. The fourth-order valence-electron chi connectivity index (χ4n) is 2.22. The van der Waals surface area contributed by atoms with Gasteiger partial charge in [-0.3, -0.25) is 4.79 Å². The minimum atomic E-state index is -3.76. The molecule has 6 heteroatoms. The summed E-state index contributed by atoms with van der Waals surface area (Å²) < 4.78 is 22.5. The number of hydrogen-bond acceptors (Lipinski definition) is 3. The van der Waals surface area contributed by atoms with Gasteiger partial charge in [-0.15, -0.1) is 0 Å². The van der Waals surface area contributed by atoms with Gasteiger partial charge < -0.3 is 5.32 Å². The van der Waals surface area contributed by atoms with Crippen molar-refractivity contribution in [1.29, 1.82) is 0 Å². The third-order valence-corrected chi connectivity index (χ3v) is 5.09. The fraction of sp³-hybridized carbons (Fsp3) is 0.500. The van der Waals surface area contributed by atoms with E-state index in [1.807, 2.05) is 0 Å². The van der Waals surface area contributed by atoms with Crippen molar-refractivity contribution < 1.29 is 13.2 Å². The molecule has 1 aromatic rings. The number of hydrogen-bond donors (Lipinski definition) is 1. The topological polar surface area (TPSA) is 63.2 Å². The molecule has 1 fully saturated rings. The summed E-state index contributed by atoms with van der Waals surface area (Å²) in [4.78, 5) is 12.1. The molecule has 0 spiro atoms. The first-order valence-electron chi connectivity index (χ1n) is 6.62. The minimum Gasteiger partial charge on any atom is -0.352 e. The molecule has 1 aliphatic rings. The number of nitrogens with one attached hydrogen (secondary N) is 1. The molecule has 1 N–H and O–H groups in total. The molecule has 2 rings (SSSR count). The summed E-state index contributed by atoms with van der Waals surface area (Å²) >= 11 is 0. The molecule has 1 aromatic carbocycles. The van der Waals surface area contributed by atoms with Crippen LogP contribution < -0.4 is 5.32 Å². The molecule has 0 saturated heterocycles. The van der Waals surface area contributed by atoms with Crippen LogP contribution in [0.2, 0.25) is 0 Å². The Bertz CT molecular complexity index is 623. The zero-order valence-corrected chi connectivity index (χ0v) is 13.1. The van der Waals surface area contributed by atoms with Crippen LogP contribution in [0.4, 0.5) is 0 Å². The van der Waals surface area contributed by atoms with Crippen LogP contribution in [-0.2, 0) is 9.05 Å². The van der Waals surface area contributed by atoms with Crippen molar-refractivity contribution in [3.8, 4) is 0 Å². The van der Waals surface area contributed by atoms with Crippen molar-refractivity contribution in [2.75, 3.05) is 6.54 Å². The lowest BCUT2D eigenvalue weighted by Gasteiger charge is -2.12. The number of amides is 1. The predicted molar refractivity (Wildman–Crippen MR) is 78.4 cm³/mol. The van der Waals surface area contributed by atoms with Gasteiger partial charge in [0.25, 0.3) is 15.0 Å². The molecule has 20 heavy (non-hydrogen) atoms. The lowest BCUT2D eigenvalue weighted by Crippen LogP contribution is -2.29. The predicted octanol–water partition coefficient (Wildman–Crippen LogP) is 2.70. The maximum atomic E-state index is 12.1. The molecule has 0 bridgehead atoms. The molecule has 1 aliphatic carbocycles. The van der Waals surface area contributed by atoms with Gasteiger partial charge >= 0.3 is 0 Å². The van der Waals surface area contributed by atoms with Crippen molar-refractivity contribution in [3.63, 3.8) is 0 Å². The van der Waals surface area contributed by atoms with Gasteiger partial charge in [0.05, 0.1) is 4.90 Å². The normalized spacial score (nSPS) is 16.8. The molecule has 0 aromatic heterocycles. The standard InChI is InChI=1S/C14H18ClNO3S/c1-9-7-12(20(15,18)19)5-6-13(9)14(17)16-8-10(2)11-3-4-11/h5-7,10-11H,3-4,8H2,1-2H3,(H,16,17). The van der Waals surface area contributed by atoms with Gasteiger partial charge in [-0.1, -0.05) is 6.92 Å². The Morgan fingerprint density at radius 3 is 2.60 bits per heavy atom. The summed E-state index contributed by atoms with van der Waals surface area (Å²) in [6, 6.07) is 4.28. The number of halogens is 1. The van der Waals surface area contributed by atoms with Gasteiger partial charge in [0.15, 0.2) is 0 Å². The SMILES string of the molecule is Cc1cc(S(=O)(=O)Cl)ccc1C(=O)NCC(C)C1CC1. The molecule has 0 aliphatic heterocycles. The average Bonchev–Trinajstić information content (AvgIpc) is 3.18. The van der Waals surface area contributed by atoms with Crippen LogP contribution in [0.25, 0.3) is 0 Å². The Morgan fingerprint density at radius 2 is 2.10 bits per heavy atom. The molecular formula is C14H18ClNO3S. The molecule has 1 saturated carbocycles. The second-order valence-corrected chi connectivity index (χ2v) is 8.01. The lowest BCUT2D eigenvalue weighted by atomic mass is 10.1. The van der Waals surface area contributed by atoms with E-state index in [-0.39, 0.29) is 10.8 Å². The average molecular weight is 316 g/mol. The Hall–Kier alpha value is -1.07. The van der Waals surface area contributed by atoms with E-state index in [0.29, 0.717) is 23.6 Å². The van der Waals surface area contributed by atoms with E-state index in [0.717, 1.165) is 5.92 Å². The van der Waals surface area contributed by atoms with Crippen molar-refractivity contribution in [2.45, 2.75) is 31.6 Å². The number of aryl methyl sites for hydroxylation is 1. The molecule has 1 unspecified atom stereocenters. The smallest absolute Gasteiger partial charge is 0.261 e. The first kappa shape index (κ1) is 15.3. The van der Waals surface area contributed by atoms with Crippen LogP contribution >= 0.6 is 10.7 Å². The van der Waals surface area contributed by atoms with Crippen LogP contribution in [0.15, 0.2) is 23.1 Å².